The summed E-state index contributed by atoms with van der Waals surface area (Å²) in [5.74, 6) is 0.339. The van der Waals surface area contributed by atoms with Crippen LogP contribution in [0, 0.1) is 0 Å². The van der Waals surface area contributed by atoms with Gasteiger partial charge in [-0.25, -0.2) is 0 Å². The highest BCUT2D eigenvalue weighted by molar-refractivity contribution is 7.99. The van der Waals surface area contributed by atoms with E-state index in [4.69, 9.17) is 16.0 Å². The van der Waals surface area contributed by atoms with Gasteiger partial charge in [-0.15, -0.1) is 10.2 Å². The van der Waals surface area contributed by atoms with E-state index in [1.807, 2.05) is 26.0 Å². The second-order valence-electron chi connectivity index (χ2n) is 7.15. The summed E-state index contributed by atoms with van der Waals surface area (Å²) < 4.78 is 5.58. The zero-order valence-electron chi connectivity index (χ0n) is 17.5. The third-order valence-corrected chi connectivity index (χ3v) is 5.68. The van der Waals surface area contributed by atoms with Crippen molar-refractivity contribution in [3.05, 3.63) is 64.7 Å². The molecule has 31 heavy (non-hydrogen) atoms. The van der Waals surface area contributed by atoms with Crippen molar-refractivity contribution in [2.24, 2.45) is 0 Å². The summed E-state index contributed by atoms with van der Waals surface area (Å²) in [7, 11) is 1.78. The Morgan fingerprint density at radius 2 is 1.77 bits per heavy atom. The van der Waals surface area contributed by atoms with Crippen LogP contribution in [0.15, 0.2) is 58.2 Å². The lowest BCUT2D eigenvalue weighted by Crippen LogP contribution is -2.32. The van der Waals surface area contributed by atoms with E-state index in [2.05, 4.69) is 15.5 Å². The van der Waals surface area contributed by atoms with Crippen LogP contribution in [-0.2, 0) is 11.3 Å². The van der Waals surface area contributed by atoms with Gasteiger partial charge in [0.15, 0.2) is 0 Å². The van der Waals surface area contributed by atoms with Gasteiger partial charge in [-0.3, -0.25) is 9.59 Å². The number of nitrogens with one attached hydrogen (secondary N) is 1. The molecular formula is C22H23ClN4O3S. The Hall–Kier alpha value is -2.84. The summed E-state index contributed by atoms with van der Waals surface area (Å²) in [5.41, 5.74) is 2.29. The molecule has 7 nitrogen and oxygen atoms in total. The zero-order chi connectivity index (χ0) is 22.4. The van der Waals surface area contributed by atoms with Crippen LogP contribution in [0.2, 0.25) is 5.02 Å². The molecule has 0 bridgehead atoms. The van der Waals surface area contributed by atoms with E-state index < -0.39 is 0 Å². The Bertz CT molecular complexity index is 1040. The third kappa shape index (κ3) is 6.32. The monoisotopic (exact) mass is 458 g/mol. The van der Waals surface area contributed by atoms with Crippen LogP contribution in [0.4, 0.5) is 0 Å². The molecule has 1 N–H and O–H groups in total. The van der Waals surface area contributed by atoms with Crippen LogP contribution >= 0.6 is 23.4 Å². The van der Waals surface area contributed by atoms with Crippen LogP contribution in [0.25, 0.3) is 11.5 Å². The van der Waals surface area contributed by atoms with Crippen molar-refractivity contribution in [3.8, 4) is 11.5 Å². The van der Waals surface area contributed by atoms with Crippen molar-refractivity contribution in [3.63, 3.8) is 0 Å². The van der Waals surface area contributed by atoms with Crippen molar-refractivity contribution < 1.29 is 14.0 Å². The lowest BCUT2D eigenvalue weighted by atomic mass is 10.1. The second kappa shape index (κ2) is 10.5. The predicted octanol–water partition coefficient (Wildman–Crippen LogP) is 4.28. The first-order valence-electron chi connectivity index (χ1n) is 9.68. The molecule has 2 amide bonds. The van der Waals surface area contributed by atoms with Gasteiger partial charge in [0.25, 0.3) is 11.1 Å². The normalized spacial score (nSPS) is 10.9. The van der Waals surface area contributed by atoms with E-state index in [0.29, 0.717) is 28.2 Å². The smallest absolute Gasteiger partial charge is 0.277 e. The maximum atomic E-state index is 12.3. The van der Waals surface area contributed by atoms with E-state index in [1.54, 1.807) is 48.3 Å². The molecule has 0 saturated carbocycles. The molecule has 1 aromatic heterocycles. The molecule has 0 saturated heterocycles. The summed E-state index contributed by atoms with van der Waals surface area (Å²) in [4.78, 5) is 26.1. The fraction of sp³-hybridized carbons (Fsp3) is 0.273. The summed E-state index contributed by atoms with van der Waals surface area (Å²) in [6.45, 7) is 4.30. The van der Waals surface area contributed by atoms with E-state index in [0.717, 1.165) is 11.1 Å². The van der Waals surface area contributed by atoms with Gasteiger partial charge >= 0.3 is 0 Å². The van der Waals surface area contributed by atoms with Gasteiger partial charge in [0.2, 0.25) is 11.8 Å². The highest BCUT2D eigenvalue weighted by Crippen LogP contribution is 2.24. The van der Waals surface area contributed by atoms with Gasteiger partial charge in [-0.1, -0.05) is 35.5 Å². The van der Waals surface area contributed by atoms with Gasteiger partial charge < -0.3 is 14.6 Å². The number of nitrogens with zero attached hydrogens (tertiary/aromatic N) is 3. The number of carbonyl (C=O) groups is 2. The fourth-order valence-electron chi connectivity index (χ4n) is 2.56. The lowest BCUT2D eigenvalue weighted by Gasteiger charge is -2.21. The standard InChI is InChI=1S/C22H23ClN4O3S/c1-14(2)27(3)21(29)17-6-4-15(5-7-17)12-24-19(28)13-31-22-26-25-20(30-22)16-8-10-18(23)11-9-16/h4-11,14H,12-13H2,1-3H3,(H,24,28). The number of benzene rings is 2. The topological polar surface area (TPSA) is 88.3 Å². The average Bonchev–Trinajstić information content (AvgIpc) is 3.25. The Labute approximate surface area is 190 Å². The van der Waals surface area contributed by atoms with Gasteiger partial charge in [0, 0.05) is 35.8 Å². The highest BCUT2D eigenvalue weighted by atomic mass is 35.5. The first kappa shape index (κ1) is 22.8. The maximum Gasteiger partial charge on any atom is 0.277 e. The van der Waals surface area contributed by atoms with Gasteiger partial charge in [0.05, 0.1) is 5.75 Å². The SMILES string of the molecule is CC(C)N(C)C(=O)c1ccc(CNC(=O)CSc2nnc(-c3ccc(Cl)cc3)o2)cc1. The van der Waals surface area contributed by atoms with Crippen LogP contribution in [-0.4, -0.2) is 45.8 Å². The van der Waals surface area contributed by atoms with Crippen molar-refractivity contribution in [2.75, 3.05) is 12.8 Å². The minimum atomic E-state index is -0.157. The Kier molecular flexibility index (Phi) is 7.70. The van der Waals surface area contributed by atoms with Crippen molar-refractivity contribution in [1.29, 1.82) is 0 Å². The van der Waals surface area contributed by atoms with Crippen molar-refractivity contribution in [2.45, 2.75) is 31.7 Å². The molecule has 0 spiro atoms. The van der Waals surface area contributed by atoms with Gasteiger partial charge in [-0.05, 0) is 55.8 Å². The number of hydrogen-bond donors (Lipinski definition) is 1. The summed E-state index contributed by atoms with van der Waals surface area (Å²) in [5, 5.41) is 11.7. The molecular weight excluding hydrogens is 436 g/mol. The van der Waals surface area contributed by atoms with Crippen LogP contribution < -0.4 is 5.32 Å². The first-order valence-corrected chi connectivity index (χ1v) is 11.0. The Morgan fingerprint density at radius 1 is 1.10 bits per heavy atom. The molecule has 0 aliphatic heterocycles. The number of carbonyl (C=O) groups excluding carboxylic acids is 2. The van der Waals surface area contributed by atoms with Crippen LogP contribution in [0.1, 0.15) is 29.8 Å². The van der Waals surface area contributed by atoms with E-state index in [9.17, 15) is 9.59 Å². The quantitative estimate of drug-likeness (QED) is 0.507. The molecule has 0 atom stereocenters. The molecule has 0 aliphatic carbocycles. The molecule has 0 aliphatic rings. The molecule has 2 aromatic carbocycles. The Morgan fingerprint density at radius 3 is 2.42 bits per heavy atom. The van der Waals surface area contributed by atoms with E-state index >= 15 is 0 Å². The minimum absolute atomic E-state index is 0.0282. The number of amides is 2. The van der Waals surface area contributed by atoms with Crippen LogP contribution in [0.3, 0.4) is 0 Å². The first-order chi connectivity index (χ1) is 14.8. The number of thioether (sulfide) groups is 1. The van der Waals surface area contributed by atoms with Crippen LogP contribution in [0.5, 0.6) is 0 Å². The molecule has 0 radical (unpaired) electrons. The number of halogens is 1. The number of aromatic nitrogens is 2. The molecule has 0 fully saturated rings. The lowest BCUT2D eigenvalue weighted by molar-refractivity contribution is -0.118. The number of hydrogen-bond acceptors (Lipinski definition) is 6. The van der Waals surface area contributed by atoms with E-state index in [1.165, 1.54) is 11.8 Å². The Balaban J connectivity index is 1.46. The minimum Gasteiger partial charge on any atom is -0.411 e. The summed E-state index contributed by atoms with van der Waals surface area (Å²) in [6.07, 6.45) is 0. The second-order valence-corrected chi connectivity index (χ2v) is 8.52. The summed E-state index contributed by atoms with van der Waals surface area (Å²) in [6, 6.07) is 14.4. The molecule has 3 rings (SSSR count). The molecule has 9 heteroatoms. The van der Waals surface area contributed by atoms with Gasteiger partial charge in [0.1, 0.15) is 0 Å². The fourth-order valence-corrected chi connectivity index (χ4v) is 3.28. The highest BCUT2D eigenvalue weighted by Gasteiger charge is 2.14. The molecule has 0 unspecified atom stereocenters. The molecule has 162 valence electrons. The third-order valence-electron chi connectivity index (χ3n) is 4.61. The maximum absolute atomic E-state index is 12.3. The van der Waals surface area contributed by atoms with Crippen molar-refractivity contribution >= 4 is 35.2 Å². The zero-order valence-corrected chi connectivity index (χ0v) is 19.0. The van der Waals surface area contributed by atoms with Crippen molar-refractivity contribution in [1.82, 2.24) is 20.4 Å². The molecule has 3 aromatic rings. The van der Waals surface area contributed by atoms with Gasteiger partial charge in [-0.2, -0.15) is 0 Å². The molecule has 1 heterocycles. The largest absolute Gasteiger partial charge is 0.411 e. The average molecular weight is 459 g/mol. The van der Waals surface area contributed by atoms with E-state index in [-0.39, 0.29) is 23.6 Å². The predicted molar refractivity (Wildman–Crippen MR) is 121 cm³/mol. The number of rotatable bonds is 8. The summed E-state index contributed by atoms with van der Waals surface area (Å²) >= 11 is 7.04.